The van der Waals surface area contributed by atoms with E-state index in [1.54, 1.807) is 7.11 Å². The van der Waals surface area contributed by atoms with Crippen molar-refractivity contribution in [3.05, 3.63) is 0 Å². The summed E-state index contributed by atoms with van der Waals surface area (Å²) in [5.74, 6) is 0.155. The van der Waals surface area contributed by atoms with Crippen molar-refractivity contribution >= 4 is 5.91 Å². The Bertz CT molecular complexity index is 444. The van der Waals surface area contributed by atoms with Gasteiger partial charge in [-0.15, -0.1) is 0 Å². The van der Waals surface area contributed by atoms with Crippen LogP contribution in [0.2, 0.25) is 0 Å². The number of rotatable bonds is 6. The molecule has 0 aromatic carbocycles. The van der Waals surface area contributed by atoms with E-state index in [9.17, 15) is 4.79 Å². The van der Waals surface area contributed by atoms with Crippen molar-refractivity contribution in [2.45, 2.75) is 77.6 Å². The number of hydrogen-bond donors (Lipinski definition) is 1. The second-order valence-electron chi connectivity index (χ2n) is 8.76. The highest BCUT2D eigenvalue weighted by atomic mass is 16.5. The van der Waals surface area contributed by atoms with Gasteiger partial charge in [-0.3, -0.25) is 9.69 Å². The number of carbonyl (C=O) groups excluding carboxylic acids is 1. The average molecular weight is 340 g/mol. The molecule has 1 aliphatic heterocycles. The van der Waals surface area contributed by atoms with Crippen molar-refractivity contribution in [1.82, 2.24) is 15.1 Å². The standard InChI is InChI=1S/C19H37N3O2/c1-14(2)22-10-8-15(9-11-22)20-17(23)13-21(6)16-12-19(5,24-7)18(16,3)4/h14-16H,8-13H2,1-7H3,(H,20,23)/t16-,19-/m0/s1. The van der Waals surface area contributed by atoms with Crippen LogP contribution in [0, 0.1) is 5.41 Å². The van der Waals surface area contributed by atoms with Gasteiger partial charge in [0.05, 0.1) is 12.1 Å². The molecule has 0 aromatic rings. The van der Waals surface area contributed by atoms with Gasteiger partial charge in [0.2, 0.25) is 5.91 Å². The summed E-state index contributed by atoms with van der Waals surface area (Å²) in [6.07, 6.45) is 3.10. The monoisotopic (exact) mass is 339 g/mol. The molecule has 0 spiro atoms. The van der Waals surface area contributed by atoms with Crippen molar-refractivity contribution in [2.75, 3.05) is 33.8 Å². The number of methoxy groups -OCH3 is 1. The first kappa shape index (κ1) is 19.7. The van der Waals surface area contributed by atoms with Crippen LogP contribution in [-0.4, -0.2) is 73.2 Å². The minimum Gasteiger partial charge on any atom is -0.378 e. The molecule has 5 heteroatoms. The van der Waals surface area contributed by atoms with Gasteiger partial charge in [0.1, 0.15) is 0 Å². The minimum atomic E-state index is -0.0912. The topological polar surface area (TPSA) is 44.8 Å². The van der Waals surface area contributed by atoms with E-state index in [1.807, 2.05) is 0 Å². The lowest BCUT2D eigenvalue weighted by atomic mass is 9.55. The zero-order valence-electron chi connectivity index (χ0n) is 16.7. The van der Waals surface area contributed by atoms with Crippen LogP contribution in [0.3, 0.4) is 0 Å². The number of likely N-dealkylation sites (tertiary alicyclic amines) is 1. The maximum Gasteiger partial charge on any atom is 0.234 e. The highest BCUT2D eigenvalue weighted by Crippen LogP contribution is 2.53. The molecule has 0 radical (unpaired) electrons. The summed E-state index contributed by atoms with van der Waals surface area (Å²) in [5.41, 5.74) is -0.0362. The van der Waals surface area contributed by atoms with Gasteiger partial charge < -0.3 is 15.0 Å². The van der Waals surface area contributed by atoms with E-state index in [2.05, 4.69) is 56.8 Å². The van der Waals surface area contributed by atoms with Crippen LogP contribution in [0.4, 0.5) is 0 Å². The number of likely N-dealkylation sites (N-methyl/N-ethyl adjacent to an activating group) is 1. The number of ether oxygens (including phenoxy) is 1. The van der Waals surface area contributed by atoms with Gasteiger partial charge in [0.15, 0.2) is 0 Å². The summed E-state index contributed by atoms with van der Waals surface area (Å²) in [5, 5.41) is 3.24. The Morgan fingerprint density at radius 3 is 2.33 bits per heavy atom. The number of amides is 1. The largest absolute Gasteiger partial charge is 0.378 e. The van der Waals surface area contributed by atoms with Crippen molar-refractivity contribution in [1.29, 1.82) is 0 Å². The van der Waals surface area contributed by atoms with Crippen LogP contribution < -0.4 is 5.32 Å². The van der Waals surface area contributed by atoms with Crippen LogP contribution in [0.15, 0.2) is 0 Å². The lowest BCUT2D eigenvalue weighted by molar-refractivity contribution is -0.205. The summed E-state index contributed by atoms with van der Waals surface area (Å²) < 4.78 is 5.69. The number of hydrogen-bond acceptors (Lipinski definition) is 4. The normalized spacial score (nSPS) is 31.3. The molecular weight excluding hydrogens is 302 g/mol. The lowest BCUT2D eigenvalue weighted by Gasteiger charge is -2.61. The van der Waals surface area contributed by atoms with Crippen molar-refractivity contribution in [2.24, 2.45) is 5.41 Å². The zero-order valence-corrected chi connectivity index (χ0v) is 16.7. The van der Waals surface area contributed by atoms with E-state index in [0.717, 1.165) is 32.4 Å². The molecule has 2 atom stereocenters. The Kier molecular flexibility index (Phi) is 5.99. The van der Waals surface area contributed by atoms with Gasteiger partial charge in [0.25, 0.3) is 0 Å². The van der Waals surface area contributed by atoms with E-state index in [1.165, 1.54) is 0 Å². The molecular formula is C19H37N3O2. The minimum absolute atomic E-state index is 0.0549. The Hall–Kier alpha value is -0.650. The molecule has 0 unspecified atom stereocenters. The fraction of sp³-hybridized carbons (Fsp3) is 0.947. The lowest BCUT2D eigenvalue weighted by Crippen LogP contribution is -2.68. The number of nitrogens with one attached hydrogen (secondary N) is 1. The third-order valence-corrected chi connectivity index (χ3v) is 6.78. The molecule has 1 aliphatic carbocycles. The molecule has 2 fully saturated rings. The molecule has 1 N–H and O–H groups in total. The smallest absolute Gasteiger partial charge is 0.234 e. The Morgan fingerprint density at radius 1 is 1.29 bits per heavy atom. The Morgan fingerprint density at radius 2 is 1.88 bits per heavy atom. The van der Waals surface area contributed by atoms with Crippen molar-refractivity contribution in [3.8, 4) is 0 Å². The molecule has 2 aliphatic rings. The maximum absolute atomic E-state index is 12.4. The Balaban J connectivity index is 1.77. The van der Waals surface area contributed by atoms with Gasteiger partial charge in [0, 0.05) is 43.7 Å². The molecule has 1 heterocycles. The van der Waals surface area contributed by atoms with Crippen LogP contribution >= 0.6 is 0 Å². The van der Waals surface area contributed by atoms with Crippen LogP contribution in [0.25, 0.3) is 0 Å². The molecule has 5 nitrogen and oxygen atoms in total. The van der Waals surface area contributed by atoms with E-state index >= 15 is 0 Å². The number of carbonyl (C=O) groups is 1. The molecule has 0 bridgehead atoms. The molecule has 1 saturated carbocycles. The fourth-order valence-corrected chi connectivity index (χ4v) is 4.33. The second kappa shape index (κ2) is 7.30. The summed E-state index contributed by atoms with van der Waals surface area (Å²) >= 11 is 0. The molecule has 2 rings (SSSR count). The zero-order chi connectivity index (χ0) is 18.1. The molecule has 0 aromatic heterocycles. The van der Waals surface area contributed by atoms with E-state index in [0.29, 0.717) is 24.7 Å². The van der Waals surface area contributed by atoms with Crippen LogP contribution in [0.1, 0.15) is 53.9 Å². The first-order valence-electron chi connectivity index (χ1n) is 9.39. The summed E-state index contributed by atoms with van der Waals surface area (Å²) in [7, 11) is 3.84. The first-order chi connectivity index (χ1) is 11.1. The highest BCUT2D eigenvalue weighted by molar-refractivity contribution is 5.78. The average Bonchev–Trinajstić information content (AvgIpc) is 2.52. The van der Waals surface area contributed by atoms with Gasteiger partial charge in [-0.05, 0) is 47.1 Å². The predicted octanol–water partition coefficient (Wildman–Crippen LogP) is 2.11. The summed E-state index contributed by atoms with van der Waals surface area (Å²) in [6.45, 7) is 13.8. The van der Waals surface area contributed by atoms with Gasteiger partial charge in [-0.25, -0.2) is 0 Å². The second-order valence-corrected chi connectivity index (χ2v) is 8.76. The molecule has 140 valence electrons. The fourth-order valence-electron chi connectivity index (χ4n) is 4.33. The van der Waals surface area contributed by atoms with Crippen molar-refractivity contribution in [3.63, 3.8) is 0 Å². The van der Waals surface area contributed by atoms with Crippen LogP contribution in [0.5, 0.6) is 0 Å². The Labute approximate surface area is 148 Å². The van der Waals surface area contributed by atoms with Gasteiger partial charge >= 0.3 is 0 Å². The van der Waals surface area contributed by atoms with Crippen molar-refractivity contribution < 1.29 is 9.53 Å². The van der Waals surface area contributed by atoms with E-state index < -0.39 is 0 Å². The number of nitrogens with zero attached hydrogens (tertiary/aromatic N) is 2. The third-order valence-electron chi connectivity index (χ3n) is 6.78. The first-order valence-corrected chi connectivity index (χ1v) is 9.39. The summed E-state index contributed by atoms with van der Waals surface area (Å²) in [6, 6.07) is 1.32. The molecule has 24 heavy (non-hydrogen) atoms. The molecule has 1 amide bonds. The summed E-state index contributed by atoms with van der Waals surface area (Å²) in [4.78, 5) is 17.1. The van der Waals surface area contributed by atoms with Crippen LogP contribution in [-0.2, 0) is 9.53 Å². The van der Waals surface area contributed by atoms with E-state index in [4.69, 9.17) is 4.74 Å². The SMILES string of the molecule is CO[C@@]1(C)C[C@H](N(C)CC(=O)NC2CCN(C(C)C)CC2)C1(C)C. The van der Waals surface area contributed by atoms with Gasteiger partial charge in [-0.2, -0.15) is 0 Å². The van der Waals surface area contributed by atoms with E-state index in [-0.39, 0.29) is 16.9 Å². The van der Waals surface area contributed by atoms with Gasteiger partial charge in [-0.1, -0.05) is 13.8 Å². The number of piperidine rings is 1. The quantitative estimate of drug-likeness (QED) is 0.805. The highest BCUT2D eigenvalue weighted by Gasteiger charge is 2.59. The predicted molar refractivity (Wildman–Crippen MR) is 98.1 cm³/mol. The third kappa shape index (κ3) is 3.78. The molecule has 1 saturated heterocycles. The maximum atomic E-state index is 12.4.